The Morgan fingerprint density at radius 1 is 0.941 bits per heavy atom. The maximum atomic E-state index is 13.8. The van der Waals surface area contributed by atoms with Crippen molar-refractivity contribution in [2.24, 2.45) is 0 Å². The molecule has 34 heavy (non-hydrogen) atoms. The summed E-state index contributed by atoms with van der Waals surface area (Å²) in [4.78, 5) is 17.3. The summed E-state index contributed by atoms with van der Waals surface area (Å²) >= 11 is 2.12. The molecule has 2 aromatic heterocycles. The molecule has 5 nitrogen and oxygen atoms in total. The maximum absolute atomic E-state index is 13.8. The summed E-state index contributed by atoms with van der Waals surface area (Å²) in [6.45, 7) is 1.91. The highest BCUT2D eigenvalue weighted by atomic mass is 127. The lowest BCUT2D eigenvalue weighted by atomic mass is 10.0. The number of H-pyrrole nitrogens is 1. The van der Waals surface area contributed by atoms with E-state index in [1.807, 2.05) is 79.7 Å². The van der Waals surface area contributed by atoms with Crippen LogP contribution in [0.1, 0.15) is 11.3 Å². The average Bonchev–Trinajstić information content (AvgIpc) is 3.25. The van der Waals surface area contributed by atoms with Crippen LogP contribution in [0.2, 0.25) is 0 Å². The zero-order chi connectivity index (χ0) is 23.7. The van der Waals surface area contributed by atoms with Crippen LogP contribution < -0.4 is 11.3 Å². The van der Waals surface area contributed by atoms with Crippen molar-refractivity contribution in [1.29, 1.82) is 0 Å². The number of hydrogen-bond acceptors (Lipinski definition) is 4. The van der Waals surface area contributed by atoms with Crippen molar-refractivity contribution in [3.8, 4) is 44.7 Å². The first-order chi connectivity index (χ1) is 16.6. The van der Waals surface area contributed by atoms with Crippen molar-refractivity contribution in [2.75, 3.05) is 5.73 Å². The van der Waals surface area contributed by atoms with Crippen molar-refractivity contribution in [3.05, 3.63) is 100 Å². The molecule has 166 valence electrons. The van der Waals surface area contributed by atoms with Crippen molar-refractivity contribution in [2.45, 2.75) is 6.92 Å². The third-order valence-corrected chi connectivity index (χ3v) is 6.49. The number of nitrogen functional groups attached to an aromatic ring is 1. The Kier molecular flexibility index (Phi) is 6.18. The van der Waals surface area contributed by atoms with E-state index in [1.54, 1.807) is 6.07 Å². The molecule has 0 aliphatic rings. The van der Waals surface area contributed by atoms with Gasteiger partial charge in [0.1, 0.15) is 11.3 Å². The van der Waals surface area contributed by atoms with Crippen molar-refractivity contribution in [3.63, 3.8) is 0 Å². The SMILES string of the molecule is Cc1[nH]c2c(-c3ccccc3)c(-c3ccccc3)nn2c(=O)c1-c1ccc(N)c(C#CSI)c1. The number of aryl methyl sites for hydroxylation is 1. The standard InChI is InChI=1S/C27H19IN4OS/c1-17-23(21-12-13-22(29)20(16-21)14-15-34-28)27(33)32-26(30-17)24(18-8-4-2-5-9-18)25(31-32)19-10-6-3-7-11-19/h2-13,16,30H,29H2,1H3. The summed E-state index contributed by atoms with van der Waals surface area (Å²) in [5.74, 6) is 3.05. The second-order valence-electron chi connectivity index (χ2n) is 7.75. The molecule has 2 heterocycles. The Morgan fingerprint density at radius 2 is 1.62 bits per heavy atom. The van der Waals surface area contributed by atoms with Gasteiger partial charge in [-0.3, -0.25) is 4.79 Å². The van der Waals surface area contributed by atoms with Crippen molar-refractivity contribution >= 4 is 41.5 Å². The molecule has 0 fully saturated rings. The van der Waals surface area contributed by atoms with Gasteiger partial charge in [-0.2, -0.15) is 9.61 Å². The minimum atomic E-state index is -0.197. The number of rotatable bonds is 3. The minimum absolute atomic E-state index is 0.197. The van der Waals surface area contributed by atoms with E-state index in [0.717, 1.165) is 33.6 Å². The second kappa shape index (κ2) is 9.41. The number of anilines is 1. The Hall–Kier alpha value is -3.48. The minimum Gasteiger partial charge on any atom is -0.398 e. The van der Waals surface area contributed by atoms with Crippen LogP contribution >= 0.6 is 30.1 Å². The van der Waals surface area contributed by atoms with E-state index in [0.29, 0.717) is 22.5 Å². The van der Waals surface area contributed by atoms with Gasteiger partial charge in [0, 0.05) is 43.7 Å². The zero-order valence-electron chi connectivity index (χ0n) is 18.2. The van der Waals surface area contributed by atoms with Crippen LogP contribution in [0.3, 0.4) is 0 Å². The van der Waals surface area contributed by atoms with E-state index in [1.165, 1.54) is 13.4 Å². The van der Waals surface area contributed by atoms with Gasteiger partial charge in [0.25, 0.3) is 5.56 Å². The first-order valence-corrected chi connectivity index (χ1v) is 13.9. The number of nitrogens with one attached hydrogen (secondary N) is 1. The highest BCUT2D eigenvalue weighted by Crippen LogP contribution is 2.34. The molecule has 5 rings (SSSR count). The maximum Gasteiger partial charge on any atom is 0.282 e. The molecule has 0 aliphatic heterocycles. The molecule has 0 atom stereocenters. The Morgan fingerprint density at radius 3 is 2.29 bits per heavy atom. The number of fused-ring (bicyclic) bond motifs is 1. The molecule has 3 aromatic carbocycles. The smallest absolute Gasteiger partial charge is 0.282 e. The van der Waals surface area contributed by atoms with Crippen LogP contribution in [0.4, 0.5) is 5.69 Å². The van der Waals surface area contributed by atoms with E-state index in [4.69, 9.17) is 10.8 Å². The lowest BCUT2D eigenvalue weighted by Crippen LogP contribution is -2.19. The van der Waals surface area contributed by atoms with Crippen LogP contribution in [-0.4, -0.2) is 14.6 Å². The number of aromatic nitrogens is 3. The Bertz CT molecular complexity index is 1630. The van der Waals surface area contributed by atoms with Crippen LogP contribution in [0.15, 0.2) is 83.7 Å². The molecular weight excluding hydrogens is 555 g/mol. The van der Waals surface area contributed by atoms with Gasteiger partial charge in [0.05, 0.1) is 11.1 Å². The van der Waals surface area contributed by atoms with Crippen LogP contribution in [0, 0.1) is 18.1 Å². The molecule has 0 bridgehead atoms. The summed E-state index contributed by atoms with van der Waals surface area (Å²) in [6.07, 6.45) is 0. The number of hydrogen-bond donors (Lipinski definition) is 2. The second-order valence-corrected chi connectivity index (χ2v) is 9.43. The number of aromatic amines is 1. The molecule has 0 unspecified atom stereocenters. The lowest BCUT2D eigenvalue weighted by molar-refractivity contribution is 0.897. The van der Waals surface area contributed by atoms with Crippen LogP contribution in [0.5, 0.6) is 0 Å². The fraction of sp³-hybridized carbons (Fsp3) is 0.0370. The zero-order valence-corrected chi connectivity index (χ0v) is 21.1. The van der Waals surface area contributed by atoms with E-state index >= 15 is 0 Å². The molecule has 7 heteroatoms. The first-order valence-electron chi connectivity index (χ1n) is 10.5. The fourth-order valence-corrected chi connectivity index (χ4v) is 4.58. The topological polar surface area (TPSA) is 76.2 Å². The normalized spacial score (nSPS) is 10.8. The van der Waals surface area contributed by atoms with Gasteiger partial charge in [0.15, 0.2) is 0 Å². The molecule has 0 saturated heterocycles. The van der Waals surface area contributed by atoms with Gasteiger partial charge in [-0.25, -0.2) is 0 Å². The lowest BCUT2D eigenvalue weighted by Gasteiger charge is -2.09. The summed E-state index contributed by atoms with van der Waals surface area (Å²) < 4.78 is 1.47. The summed E-state index contributed by atoms with van der Waals surface area (Å²) in [7, 11) is 1.39. The summed E-state index contributed by atoms with van der Waals surface area (Å²) in [6, 6.07) is 25.4. The van der Waals surface area contributed by atoms with E-state index in [-0.39, 0.29) is 5.56 Å². The first kappa shape index (κ1) is 22.3. The molecule has 3 N–H and O–H groups in total. The Labute approximate surface area is 213 Å². The summed E-state index contributed by atoms with van der Waals surface area (Å²) in [5, 5.41) is 7.75. The van der Waals surface area contributed by atoms with Crippen LogP contribution in [-0.2, 0) is 0 Å². The highest BCUT2D eigenvalue weighted by molar-refractivity contribution is 14.2. The highest BCUT2D eigenvalue weighted by Gasteiger charge is 2.21. The predicted octanol–water partition coefficient (Wildman–Crippen LogP) is 6.31. The monoisotopic (exact) mass is 574 g/mol. The molecule has 0 spiro atoms. The van der Waals surface area contributed by atoms with Gasteiger partial charge in [-0.05, 0) is 44.4 Å². The van der Waals surface area contributed by atoms with Gasteiger partial charge in [-0.15, -0.1) is 0 Å². The van der Waals surface area contributed by atoms with E-state index in [2.05, 4.69) is 37.4 Å². The third kappa shape index (κ3) is 4.00. The summed E-state index contributed by atoms with van der Waals surface area (Å²) in [5.41, 5.74) is 13.4. The quantitative estimate of drug-likeness (QED) is 0.151. The molecule has 0 aliphatic carbocycles. The third-order valence-electron chi connectivity index (χ3n) is 5.65. The molecule has 0 saturated carbocycles. The van der Waals surface area contributed by atoms with Gasteiger partial charge in [0.2, 0.25) is 0 Å². The fourth-order valence-electron chi connectivity index (χ4n) is 4.10. The molecule has 0 amide bonds. The molecule has 0 radical (unpaired) electrons. The van der Waals surface area contributed by atoms with Crippen molar-refractivity contribution < 1.29 is 0 Å². The van der Waals surface area contributed by atoms with Gasteiger partial charge < -0.3 is 10.7 Å². The largest absolute Gasteiger partial charge is 0.398 e. The average molecular weight is 574 g/mol. The number of nitrogens with zero attached hydrogens (tertiary/aromatic N) is 2. The number of halogens is 1. The van der Waals surface area contributed by atoms with E-state index in [9.17, 15) is 4.79 Å². The number of nitrogens with two attached hydrogens (primary N) is 1. The molecule has 5 aromatic rings. The van der Waals surface area contributed by atoms with Crippen molar-refractivity contribution in [1.82, 2.24) is 14.6 Å². The van der Waals surface area contributed by atoms with Crippen LogP contribution in [0.25, 0.3) is 39.2 Å². The predicted molar refractivity (Wildman–Crippen MR) is 150 cm³/mol. The van der Waals surface area contributed by atoms with E-state index < -0.39 is 0 Å². The van der Waals surface area contributed by atoms with Gasteiger partial charge in [-0.1, -0.05) is 72.7 Å². The Balaban J connectivity index is 1.80. The molecular formula is C27H19IN4OS. The van der Waals surface area contributed by atoms with Gasteiger partial charge >= 0.3 is 0 Å². The number of benzene rings is 3.